The number of thioether (sulfide) groups is 1. The van der Waals surface area contributed by atoms with Crippen molar-refractivity contribution in [1.29, 1.82) is 0 Å². The normalized spacial score (nSPS) is 22.6. The Hall–Kier alpha value is -0.870. The molecule has 1 aromatic rings. The molecule has 1 saturated heterocycles. The van der Waals surface area contributed by atoms with Gasteiger partial charge in [0.2, 0.25) is 0 Å². The largest absolute Gasteiger partial charge is 0.493 e. The zero-order valence-corrected chi connectivity index (χ0v) is 13.5. The standard InChI is InChI=1S/C16H25NO2S/c1-12-14(5-4-10-20-12)17-9-8-13-6-7-15(18-2)16(11-13)19-3/h6-7,11-12,14,17H,4-5,8-10H2,1-3H3. The number of hydrogen-bond donors (Lipinski definition) is 1. The van der Waals surface area contributed by atoms with Crippen LogP contribution in [0.3, 0.4) is 0 Å². The van der Waals surface area contributed by atoms with E-state index in [0.29, 0.717) is 6.04 Å². The SMILES string of the molecule is COc1ccc(CCNC2CCCSC2C)cc1OC. The second kappa shape index (κ2) is 7.79. The number of hydrogen-bond acceptors (Lipinski definition) is 4. The van der Waals surface area contributed by atoms with Gasteiger partial charge in [-0.1, -0.05) is 13.0 Å². The maximum absolute atomic E-state index is 5.34. The second-order valence-electron chi connectivity index (χ2n) is 5.22. The minimum Gasteiger partial charge on any atom is -0.493 e. The first-order valence-corrected chi connectivity index (χ1v) is 8.35. The minimum absolute atomic E-state index is 0.661. The fourth-order valence-corrected chi connectivity index (χ4v) is 3.80. The Bertz CT molecular complexity index is 425. The number of rotatable bonds is 6. The molecule has 2 atom stereocenters. The van der Waals surface area contributed by atoms with Gasteiger partial charge in [0.25, 0.3) is 0 Å². The van der Waals surface area contributed by atoms with Crippen molar-refractivity contribution in [3.05, 3.63) is 23.8 Å². The Kier molecular flexibility index (Phi) is 6.05. The summed E-state index contributed by atoms with van der Waals surface area (Å²) in [7, 11) is 3.35. The van der Waals surface area contributed by atoms with Crippen molar-refractivity contribution in [1.82, 2.24) is 5.32 Å². The van der Waals surface area contributed by atoms with Crippen LogP contribution in [0, 0.1) is 0 Å². The van der Waals surface area contributed by atoms with Gasteiger partial charge in [0.15, 0.2) is 11.5 Å². The highest BCUT2D eigenvalue weighted by atomic mass is 32.2. The molecular formula is C16H25NO2S. The van der Waals surface area contributed by atoms with Crippen molar-refractivity contribution >= 4 is 11.8 Å². The first kappa shape index (κ1) is 15.5. The molecule has 0 bridgehead atoms. The van der Waals surface area contributed by atoms with Crippen LogP contribution in [0.1, 0.15) is 25.3 Å². The van der Waals surface area contributed by atoms with Gasteiger partial charge in [-0.15, -0.1) is 0 Å². The smallest absolute Gasteiger partial charge is 0.160 e. The lowest BCUT2D eigenvalue weighted by molar-refractivity contribution is 0.354. The molecule has 1 aliphatic rings. The van der Waals surface area contributed by atoms with Gasteiger partial charge in [0, 0.05) is 11.3 Å². The average Bonchev–Trinajstić information content (AvgIpc) is 2.49. The maximum atomic E-state index is 5.34. The molecule has 0 aromatic heterocycles. The first-order chi connectivity index (χ1) is 9.74. The molecule has 1 aromatic carbocycles. The average molecular weight is 295 g/mol. The number of nitrogens with one attached hydrogen (secondary N) is 1. The molecule has 0 saturated carbocycles. The van der Waals surface area contributed by atoms with Gasteiger partial charge in [-0.3, -0.25) is 0 Å². The predicted molar refractivity (Wildman–Crippen MR) is 86.2 cm³/mol. The lowest BCUT2D eigenvalue weighted by Crippen LogP contribution is -2.40. The van der Waals surface area contributed by atoms with Crippen LogP contribution in [-0.4, -0.2) is 37.8 Å². The summed E-state index contributed by atoms with van der Waals surface area (Å²) in [5, 5.41) is 4.42. The Morgan fingerprint density at radius 2 is 2.05 bits per heavy atom. The van der Waals surface area contributed by atoms with Crippen LogP contribution >= 0.6 is 11.8 Å². The fraction of sp³-hybridized carbons (Fsp3) is 0.625. The van der Waals surface area contributed by atoms with E-state index in [-0.39, 0.29) is 0 Å². The molecule has 4 heteroatoms. The van der Waals surface area contributed by atoms with Crippen LogP contribution < -0.4 is 14.8 Å². The molecule has 0 aliphatic carbocycles. The minimum atomic E-state index is 0.661. The maximum Gasteiger partial charge on any atom is 0.160 e. The van der Waals surface area contributed by atoms with E-state index in [4.69, 9.17) is 9.47 Å². The summed E-state index contributed by atoms with van der Waals surface area (Å²) in [6.45, 7) is 3.35. The van der Waals surface area contributed by atoms with E-state index in [2.05, 4.69) is 36.1 Å². The lowest BCUT2D eigenvalue weighted by atomic mass is 10.1. The second-order valence-corrected chi connectivity index (χ2v) is 6.70. The summed E-state index contributed by atoms with van der Waals surface area (Å²) in [5.41, 5.74) is 1.28. The molecule has 0 spiro atoms. The van der Waals surface area contributed by atoms with Gasteiger partial charge < -0.3 is 14.8 Å². The molecule has 0 amide bonds. The molecule has 1 fully saturated rings. The van der Waals surface area contributed by atoms with Crippen molar-refractivity contribution in [2.24, 2.45) is 0 Å². The van der Waals surface area contributed by atoms with E-state index in [1.807, 2.05) is 6.07 Å². The van der Waals surface area contributed by atoms with Crippen molar-refractivity contribution in [3.63, 3.8) is 0 Å². The number of methoxy groups -OCH3 is 2. The zero-order chi connectivity index (χ0) is 14.4. The third-order valence-corrected chi connectivity index (χ3v) is 5.25. The molecule has 2 rings (SSSR count). The van der Waals surface area contributed by atoms with Gasteiger partial charge in [0.1, 0.15) is 0 Å². The summed E-state index contributed by atoms with van der Waals surface area (Å²) in [6.07, 6.45) is 3.66. The Morgan fingerprint density at radius 1 is 1.25 bits per heavy atom. The van der Waals surface area contributed by atoms with Crippen molar-refractivity contribution in [2.75, 3.05) is 26.5 Å². The zero-order valence-electron chi connectivity index (χ0n) is 12.6. The van der Waals surface area contributed by atoms with Crippen LogP contribution in [0.2, 0.25) is 0 Å². The van der Waals surface area contributed by atoms with E-state index < -0.39 is 0 Å². The van der Waals surface area contributed by atoms with Gasteiger partial charge in [0.05, 0.1) is 14.2 Å². The van der Waals surface area contributed by atoms with Crippen molar-refractivity contribution in [3.8, 4) is 11.5 Å². The van der Waals surface area contributed by atoms with E-state index in [0.717, 1.165) is 29.7 Å². The molecule has 1 aliphatic heterocycles. The van der Waals surface area contributed by atoms with Crippen LogP contribution in [-0.2, 0) is 6.42 Å². The Labute approximate surface area is 126 Å². The third-order valence-electron chi connectivity index (χ3n) is 3.87. The van der Waals surface area contributed by atoms with Crippen LogP contribution in [0.4, 0.5) is 0 Å². The van der Waals surface area contributed by atoms with Gasteiger partial charge in [-0.2, -0.15) is 11.8 Å². The molecule has 1 heterocycles. The highest BCUT2D eigenvalue weighted by molar-refractivity contribution is 7.99. The van der Waals surface area contributed by atoms with Gasteiger partial charge in [-0.25, -0.2) is 0 Å². The molecule has 112 valence electrons. The van der Waals surface area contributed by atoms with Crippen LogP contribution in [0.25, 0.3) is 0 Å². The van der Waals surface area contributed by atoms with E-state index in [9.17, 15) is 0 Å². The summed E-state index contributed by atoms with van der Waals surface area (Å²) in [5.74, 6) is 2.92. The summed E-state index contributed by atoms with van der Waals surface area (Å²) >= 11 is 2.08. The quantitative estimate of drug-likeness (QED) is 0.873. The Balaban J connectivity index is 1.84. The summed E-state index contributed by atoms with van der Waals surface area (Å²) in [6, 6.07) is 6.82. The van der Waals surface area contributed by atoms with Crippen molar-refractivity contribution in [2.45, 2.75) is 37.5 Å². The highest BCUT2D eigenvalue weighted by Crippen LogP contribution is 2.28. The molecule has 20 heavy (non-hydrogen) atoms. The lowest BCUT2D eigenvalue weighted by Gasteiger charge is -2.29. The van der Waals surface area contributed by atoms with Crippen molar-refractivity contribution < 1.29 is 9.47 Å². The summed E-state index contributed by atoms with van der Waals surface area (Å²) < 4.78 is 10.6. The van der Waals surface area contributed by atoms with Crippen LogP contribution in [0.15, 0.2) is 18.2 Å². The monoisotopic (exact) mass is 295 g/mol. The van der Waals surface area contributed by atoms with E-state index >= 15 is 0 Å². The Morgan fingerprint density at radius 3 is 2.75 bits per heavy atom. The van der Waals surface area contributed by atoms with Gasteiger partial charge in [-0.05, 0) is 49.3 Å². The predicted octanol–water partition coefficient (Wildman–Crippen LogP) is 3.12. The van der Waals surface area contributed by atoms with Crippen LogP contribution in [0.5, 0.6) is 11.5 Å². The highest BCUT2D eigenvalue weighted by Gasteiger charge is 2.20. The molecule has 2 unspecified atom stereocenters. The van der Waals surface area contributed by atoms with E-state index in [1.165, 1.54) is 24.2 Å². The first-order valence-electron chi connectivity index (χ1n) is 7.30. The third kappa shape index (κ3) is 4.06. The fourth-order valence-electron chi connectivity index (χ4n) is 2.63. The number of benzene rings is 1. The molecule has 3 nitrogen and oxygen atoms in total. The topological polar surface area (TPSA) is 30.5 Å². The summed E-state index contributed by atoms with van der Waals surface area (Å²) in [4.78, 5) is 0. The molecule has 0 radical (unpaired) electrons. The molecular weight excluding hydrogens is 270 g/mol. The van der Waals surface area contributed by atoms with Gasteiger partial charge >= 0.3 is 0 Å². The van der Waals surface area contributed by atoms with E-state index in [1.54, 1.807) is 14.2 Å². The number of ether oxygens (including phenoxy) is 2. The molecule has 1 N–H and O–H groups in total.